The van der Waals surface area contributed by atoms with Crippen LogP contribution >= 0.6 is 0 Å². The van der Waals surface area contributed by atoms with Crippen molar-refractivity contribution in [2.45, 2.75) is 50.8 Å². The summed E-state index contributed by atoms with van der Waals surface area (Å²) in [5.41, 5.74) is -1.33. The molecule has 1 heterocycles. The van der Waals surface area contributed by atoms with Gasteiger partial charge in [0.2, 0.25) is 0 Å². The lowest BCUT2D eigenvalue weighted by atomic mass is 9.71. The Bertz CT molecular complexity index is 366. The predicted octanol–water partition coefficient (Wildman–Crippen LogP) is 0.0195. The van der Waals surface area contributed by atoms with Crippen molar-refractivity contribution >= 4 is 12.3 Å². The molecule has 0 aromatic carbocycles. The minimum atomic E-state index is -1.33. The molecule has 1 aliphatic heterocycles. The minimum absolute atomic E-state index is 0.00375. The van der Waals surface area contributed by atoms with Gasteiger partial charge in [-0.15, -0.1) is 0 Å². The lowest BCUT2D eigenvalue weighted by Crippen LogP contribution is -2.52. The van der Waals surface area contributed by atoms with Gasteiger partial charge in [0.15, 0.2) is 5.79 Å². The maximum absolute atomic E-state index is 11.8. The first kappa shape index (κ1) is 13.5. The lowest BCUT2D eigenvalue weighted by molar-refractivity contribution is -0.165. The van der Waals surface area contributed by atoms with Crippen LogP contribution in [0.15, 0.2) is 0 Å². The summed E-state index contributed by atoms with van der Waals surface area (Å²) < 4.78 is 15.9. The van der Waals surface area contributed by atoms with Gasteiger partial charge in [-0.25, -0.2) is 0 Å². The van der Waals surface area contributed by atoms with Gasteiger partial charge < -0.3 is 24.1 Å². The fraction of sp³-hybridized carbons (Fsp3) is 0.833. The summed E-state index contributed by atoms with van der Waals surface area (Å²) in [5.74, 6) is -1.45. The van der Waals surface area contributed by atoms with Gasteiger partial charge in [0.1, 0.15) is 17.8 Å². The molecule has 6 nitrogen and oxygen atoms in total. The van der Waals surface area contributed by atoms with Gasteiger partial charge in [-0.2, -0.15) is 0 Å². The van der Waals surface area contributed by atoms with E-state index in [0.29, 0.717) is 6.29 Å². The van der Waals surface area contributed by atoms with Crippen molar-refractivity contribution in [3.63, 3.8) is 0 Å². The Kier molecular flexibility index (Phi) is 3.21. The van der Waals surface area contributed by atoms with Crippen molar-refractivity contribution in [3.8, 4) is 0 Å². The molecule has 0 unspecified atom stereocenters. The van der Waals surface area contributed by atoms with Gasteiger partial charge in [-0.1, -0.05) is 0 Å². The summed E-state index contributed by atoms with van der Waals surface area (Å²) >= 11 is 0. The summed E-state index contributed by atoms with van der Waals surface area (Å²) in [6, 6.07) is 0. The van der Waals surface area contributed by atoms with E-state index < -0.39 is 35.5 Å². The van der Waals surface area contributed by atoms with E-state index in [9.17, 15) is 14.7 Å². The number of rotatable bonds is 2. The van der Waals surface area contributed by atoms with Crippen molar-refractivity contribution in [2.75, 3.05) is 7.11 Å². The number of hydrogen-bond donors (Lipinski definition) is 1. The molecule has 102 valence electrons. The third-order valence-corrected chi connectivity index (χ3v) is 3.56. The van der Waals surface area contributed by atoms with Crippen LogP contribution in [0.3, 0.4) is 0 Å². The van der Waals surface area contributed by atoms with Crippen LogP contribution in [-0.2, 0) is 23.8 Å². The third-order valence-electron chi connectivity index (χ3n) is 3.56. The molecular weight excluding hydrogens is 240 g/mol. The minimum Gasteiger partial charge on any atom is -0.468 e. The highest BCUT2D eigenvalue weighted by atomic mass is 16.8. The molecule has 2 fully saturated rings. The Hall–Kier alpha value is -0.980. The molecule has 0 aromatic heterocycles. The molecule has 1 aliphatic carbocycles. The number of aliphatic hydroxyl groups excluding tert-OH is 1. The standard InChI is InChI=1S/C12H18O6/c1-11(2)17-8-5-12(6-13,10(15)16-3)4-7(14)9(8)18-11/h6-9,14H,4-5H2,1-3H3/t7-,8-,9+,12+/m1/s1. The molecule has 4 atom stereocenters. The van der Waals surface area contributed by atoms with Crippen LogP contribution in [0, 0.1) is 5.41 Å². The molecule has 2 aliphatic rings. The van der Waals surface area contributed by atoms with Crippen LogP contribution in [-0.4, -0.2) is 48.6 Å². The molecule has 1 N–H and O–H groups in total. The highest BCUT2D eigenvalue weighted by Gasteiger charge is 2.57. The van der Waals surface area contributed by atoms with Crippen LogP contribution in [0.4, 0.5) is 0 Å². The zero-order chi connectivity index (χ0) is 13.6. The Morgan fingerprint density at radius 2 is 2.06 bits per heavy atom. The van der Waals surface area contributed by atoms with Crippen molar-refractivity contribution < 1.29 is 28.9 Å². The monoisotopic (exact) mass is 258 g/mol. The molecular formula is C12H18O6. The highest BCUT2D eigenvalue weighted by Crippen LogP contribution is 2.44. The Morgan fingerprint density at radius 3 is 2.61 bits per heavy atom. The van der Waals surface area contributed by atoms with E-state index in [-0.39, 0.29) is 12.8 Å². The number of fused-ring (bicyclic) bond motifs is 1. The SMILES string of the molecule is COC(=O)[C@@]1(C=O)C[C@@H](O)[C@@H]2OC(C)(C)O[C@@H]2C1. The van der Waals surface area contributed by atoms with E-state index in [0.717, 1.165) is 0 Å². The van der Waals surface area contributed by atoms with Gasteiger partial charge in [-0.05, 0) is 26.7 Å². The van der Waals surface area contributed by atoms with E-state index in [1.807, 2.05) is 0 Å². The molecule has 2 rings (SSSR count). The zero-order valence-corrected chi connectivity index (χ0v) is 10.7. The number of carbonyl (C=O) groups is 2. The topological polar surface area (TPSA) is 82.1 Å². The van der Waals surface area contributed by atoms with Crippen molar-refractivity contribution in [1.82, 2.24) is 0 Å². The lowest BCUT2D eigenvalue weighted by Gasteiger charge is -2.37. The second-order valence-electron chi connectivity index (χ2n) is 5.38. The van der Waals surface area contributed by atoms with Crippen molar-refractivity contribution in [2.24, 2.45) is 5.41 Å². The molecule has 0 bridgehead atoms. The Morgan fingerprint density at radius 1 is 1.39 bits per heavy atom. The van der Waals surface area contributed by atoms with Crippen LogP contribution in [0.5, 0.6) is 0 Å². The number of hydrogen-bond acceptors (Lipinski definition) is 6. The van der Waals surface area contributed by atoms with Crippen LogP contribution < -0.4 is 0 Å². The summed E-state index contributed by atoms with van der Waals surface area (Å²) in [7, 11) is 1.22. The average Bonchev–Trinajstić information content (AvgIpc) is 2.62. The Balaban J connectivity index is 2.25. The van der Waals surface area contributed by atoms with Gasteiger partial charge in [-0.3, -0.25) is 4.79 Å². The first-order valence-corrected chi connectivity index (χ1v) is 5.92. The van der Waals surface area contributed by atoms with Crippen molar-refractivity contribution in [1.29, 1.82) is 0 Å². The largest absolute Gasteiger partial charge is 0.468 e. The normalized spacial score (nSPS) is 42.1. The number of aliphatic hydroxyl groups is 1. The third kappa shape index (κ3) is 2.04. The van der Waals surface area contributed by atoms with Gasteiger partial charge >= 0.3 is 5.97 Å². The van der Waals surface area contributed by atoms with Crippen LogP contribution in [0.1, 0.15) is 26.7 Å². The van der Waals surface area contributed by atoms with E-state index in [1.54, 1.807) is 13.8 Å². The fourth-order valence-electron chi connectivity index (χ4n) is 2.79. The first-order chi connectivity index (χ1) is 8.33. The average molecular weight is 258 g/mol. The zero-order valence-electron chi connectivity index (χ0n) is 10.7. The summed E-state index contributed by atoms with van der Waals surface area (Å²) in [6.45, 7) is 3.47. The van der Waals surface area contributed by atoms with Crippen LogP contribution in [0.25, 0.3) is 0 Å². The summed E-state index contributed by atoms with van der Waals surface area (Å²) in [6.07, 6.45) is -1.17. The molecule has 18 heavy (non-hydrogen) atoms. The van der Waals surface area contributed by atoms with Gasteiger partial charge in [0.25, 0.3) is 0 Å². The smallest absolute Gasteiger partial charge is 0.319 e. The maximum Gasteiger partial charge on any atom is 0.319 e. The molecule has 6 heteroatoms. The summed E-state index contributed by atoms with van der Waals surface area (Å²) in [5, 5.41) is 10.1. The fourth-order valence-corrected chi connectivity index (χ4v) is 2.79. The van der Waals surface area contributed by atoms with E-state index in [1.165, 1.54) is 7.11 Å². The highest BCUT2D eigenvalue weighted by molar-refractivity contribution is 5.93. The number of esters is 1. The number of ether oxygens (including phenoxy) is 3. The molecule has 1 saturated carbocycles. The van der Waals surface area contributed by atoms with E-state index in [4.69, 9.17) is 9.47 Å². The predicted molar refractivity (Wildman–Crippen MR) is 59.6 cm³/mol. The van der Waals surface area contributed by atoms with E-state index >= 15 is 0 Å². The number of aldehydes is 1. The van der Waals surface area contributed by atoms with Crippen molar-refractivity contribution in [3.05, 3.63) is 0 Å². The molecule has 0 spiro atoms. The maximum atomic E-state index is 11.8. The van der Waals surface area contributed by atoms with Gasteiger partial charge in [0, 0.05) is 0 Å². The molecule has 0 amide bonds. The molecule has 0 radical (unpaired) electrons. The Labute approximate surface area is 105 Å². The number of carbonyl (C=O) groups excluding carboxylic acids is 2. The molecule has 0 aromatic rings. The quantitative estimate of drug-likeness (QED) is 0.427. The molecule has 1 saturated heterocycles. The second-order valence-corrected chi connectivity index (χ2v) is 5.38. The van der Waals surface area contributed by atoms with E-state index in [2.05, 4.69) is 4.74 Å². The number of methoxy groups -OCH3 is 1. The van der Waals surface area contributed by atoms with Crippen LogP contribution in [0.2, 0.25) is 0 Å². The van der Waals surface area contributed by atoms with Gasteiger partial charge in [0.05, 0.1) is 19.3 Å². The second kappa shape index (κ2) is 4.29. The first-order valence-electron chi connectivity index (χ1n) is 5.92. The summed E-state index contributed by atoms with van der Waals surface area (Å²) in [4.78, 5) is 23.0.